The molecule has 1 aromatic heterocycles. The Morgan fingerprint density at radius 3 is 2.07 bits per heavy atom. The molecule has 2 amide bonds. The summed E-state index contributed by atoms with van der Waals surface area (Å²) in [5.41, 5.74) is 3.53. The lowest BCUT2D eigenvalue weighted by atomic mass is 9.99. The molecule has 2 N–H and O–H groups in total. The summed E-state index contributed by atoms with van der Waals surface area (Å²) in [6, 6.07) is 16.1. The maximum Gasteiger partial charge on any atom is 0.323 e. The first-order valence-electron chi connectivity index (χ1n) is 16.1. The summed E-state index contributed by atoms with van der Waals surface area (Å²) in [5, 5.41) is 5.90. The largest absolute Gasteiger partial charge is 0.381 e. The van der Waals surface area contributed by atoms with Crippen molar-refractivity contribution in [3.8, 4) is 11.4 Å². The van der Waals surface area contributed by atoms with Gasteiger partial charge in [-0.2, -0.15) is 9.97 Å². The highest BCUT2D eigenvalue weighted by molar-refractivity contribution is 5.99. The van der Waals surface area contributed by atoms with E-state index in [1.54, 1.807) is 0 Å². The number of nitrogens with zero attached hydrogens (tertiary/aromatic N) is 6. The highest BCUT2D eigenvalue weighted by atomic mass is 16.5. The first-order chi connectivity index (χ1) is 21.6. The molecule has 11 heteroatoms. The Morgan fingerprint density at radius 1 is 0.795 bits per heavy atom. The van der Waals surface area contributed by atoms with Gasteiger partial charge in [-0.1, -0.05) is 6.92 Å². The number of ether oxygens (including phenoxy) is 2. The number of morpholine rings is 1. The molecule has 0 radical (unpaired) electrons. The third kappa shape index (κ3) is 6.36. The highest BCUT2D eigenvalue weighted by Gasteiger charge is 2.39. The number of amides is 2. The Labute approximate surface area is 259 Å². The summed E-state index contributed by atoms with van der Waals surface area (Å²) in [6.07, 6.45) is 4.02. The molecular weight excluding hydrogens is 556 g/mol. The number of anilines is 4. The van der Waals surface area contributed by atoms with Gasteiger partial charge in [-0.3, -0.25) is 0 Å². The molecule has 5 heterocycles. The van der Waals surface area contributed by atoms with Crippen molar-refractivity contribution >= 4 is 29.0 Å². The lowest BCUT2D eigenvalue weighted by Crippen LogP contribution is -2.47. The third-order valence-corrected chi connectivity index (χ3v) is 9.41. The zero-order chi connectivity index (χ0) is 29.9. The van der Waals surface area contributed by atoms with E-state index in [0.29, 0.717) is 36.8 Å². The Balaban J connectivity index is 1.02. The number of fused-ring (bicyclic) bond motifs is 2. The standard InChI is InChI=1S/C33H42N8O3/c1-2-39-15-17-40(18-16-39)27-9-7-26(8-10-27)35-33(42)34-25-5-3-23(4-6-25)30-36-31(24-13-19-43-20-14-24)38-32(37-30)41-28-11-12-29(41)22-44-21-28/h3-10,24,28-29H,2,11-22H2,1H3,(H2,34,35,42). The molecule has 0 saturated carbocycles. The van der Waals surface area contributed by atoms with Crippen LogP contribution in [0.4, 0.5) is 27.8 Å². The van der Waals surface area contributed by atoms with E-state index >= 15 is 0 Å². The SMILES string of the molecule is CCN1CCN(c2ccc(NC(=O)Nc3ccc(-c4nc(C5CCOCC5)nc(N5C6CCC5COC6)n4)cc3)cc2)CC1. The molecular formula is C33H42N8O3. The van der Waals surface area contributed by atoms with Crippen LogP contribution < -0.4 is 20.4 Å². The van der Waals surface area contributed by atoms with Crippen molar-refractivity contribution in [2.24, 2.45) is 0 Å². The van der Waals surface area contributed by atoms with Crippen molar-refractivity contribution in [2.45, 2.75) is 50.6 Å². The number of likely N-dealkylation sites (N-methyl/N-ethyl adjacent to an activating group) is 1. The molecule has 0 aliphatic carbocycles. The van der Waals surface area contributed by atoms with Crippen LogP contribution >= 0.6 is 0 Å². The molecule has 2 bridgehead atoms. The zero-order valence-electron chi connectivity index (χ0n) is 25.5. The van der Waals surface area contributed by atoms with Gasteiger partial charge < -0.3 is 34.8 Å². The van der Waals surface area contributed by atoms with Crippen LogP contribution in [0.2, 0.25) is 0 Å². The minimum atomic E-state index is -0.283. The highest BCUT2D eigenvalue weighted by Crippen LogP contribution is 2.34. The fraction of sp³-hybridized carbons (Fsp3) is 0.515. The molecule has 11 nitrogen and oxygen atoms in total. The van der Waals surface area contributed by atoms with Crippen molar-refractivity contribution in [1.82, 2.24) is 19.9 Å². The summed E-state index contributed by atoms with van der Waals surface area (Å²) in [7, 11) is 0. The maximum atomic E-state index is 12.8. The Bertz CT molecular complexity index is 1410. The Kier molecular flexibility index (Phi) is 8.59. The van der Waals surface area contributed by atoms with E-state index in [1.165, 1.54) is 5.69 Å². The predicted octanol–water partition coefficient (Wildman–Crippen LogP) is 4.59. The van der Waals surface area contributed by atoms with Gasteiger partial charge in [0.15, 0.2) is 5.82 Å². The van der Waals surface area contributed by atoms with Gasteiger partial charge in [0.25, 0.3) is 0 Å². The molecule has 4 fully saturated rings. The van der Waals surface area contributed by atoms with Crippen LogP contribution in [0.25, 0.3) is 11.4 Å². The number of urea groups is 1. The van der Waals surface area contributed by atoms with Crippen molar-refractivity contribution in [2.75, 3.05) is 79.6 Å². The number of rotatable bonds is 7. The predicted molar refractivity (Wildman–Crippen MR) is 172 cm³/mol. The van der Waals surface area contributed by atoms with E-state index in [9.17, 15) is 4.79 Å². The summed E-state index contributed by atoms with van der Waals surface area (Å²) in [6.45, 7) is 10.4. The second-order valence-corrected chi connectivity index (χ2v) is 12.2. The first-order valence-corrected chi connectivity index (χ1v) is 16.1. The summed E-state index contributed by atoms with van der Waals surface area (Å²) in [5.74, 6) is 2.51. The zero-order valence-corrected chi connectivity index (χ0v) is 25.5. The van der Waals surface area contributed by atoms with Gasteiger partial charge in [0.05, 0.1) is 25.3 Å². The third-order valence-electron chi connectivity index (χ3n) is 9.41. The van der Waals surface area contributed by atoms with Crippen molar-refractivity contribution in [1.29, 1.82) is 0 Å². The normalized spacial score (nSPS) is 22.7. The Hall–Kier alpha value is -3.80. The van der Waals surface area contributed by atoms with Gasteiger partial charge in [-0.05, 0) is 80.8 Å². The average molecular weight is 599 g/mol. The van der Waals surface area contributed by atoms with E-state index in [1.807, 2.05) is 36.4 Å². The minimum absolute atomic E-state index is 0.257. The first kappa shape index (κ1) is 28.9. The van der Waals surface area contributed by atoms with Crippen molar-refractivity contribution < 1.29 is 14.3 Å². The summed E-state index contributed by atoms with van der Waals surface area (Å²) in [4.78, 5) is 34.9. The molecule has 4 saturated heterocycles. The molecule has 0 spiro atoms. The molecule has 2 unspecified atom stereocenters. The lowest BCUT2D eigenvalue weighted by Gasteiger charge is -2.35. The number of carbonyl (C=O) groups is 1. The fourth-order valence-electron chi connectivity index (χ4n) is 6.79. The summed E-state index contributed by atoms with van der Waals surface area (Å²) < 4.78 is 11.4. The number of benzene rings is 2. The molecule has 4 aliphatic heterocycles. The molecule has 44 heavy (non-hydrogen) atoms. The second-order valence-electron chi connectivity index (χ2n) is 12.2. The van der Waals surface area contributed by atoms with Crippen LogP contribution in [0.15, 0.2) is 48.5 Å². The number of hydrogen-bond acceptors (Lipinski definition) is 9. The van der Waals surface area contributed by atoms with E-state index in [-0.39, 0.29) is 11.9 Å². The smallest absolute Gasteiger partial charge is 0.323 e. The van der Waals surface area contributed by atoms with Gasteiger partial charge in [0.1, 0.15) is 5.82 Å². The van der Waals surface area contributed by atoms with Gasteiger partial charge in [0.2, 0.25) is 5.95 Å². The topological polar surface area (TPSA) is 108 Å². The second kappa shape index (κ2) is 13.1. The van der Waals surface area contributed by atoms with E-state index in [2.05, 4.69) is 44.4 Å². The van der Waals surface area contributed by atoms with Crippen molar-refractivity contribution in [3.63, 3.8) is 0 Å². The Morgan fingerprint density at radius 2 is 1.43 bits per heavy atom. The van der Waals surface area contributed by atoms with Gasteiger partial charge in [-0.25, -0.2) is 9.78 Å². The lowest BCUT2D eigenvalue weighted by molar-refractivity contribution is 0.0831. The van der Waals surface area contributed by atoms with Crippen LogP contribution in [0.3, 0.4) is 0 Å². The minimum Gasteiger partial charge on any atom is -0.381 e. The fourth-order valence-corrected chi connectivity index (χ4v) is 6.79. The van der Waals surface area contributed by atoms with E-state index in [4.69, 9.17) is 24.4 Å². The van der Waals surface area contributed by atoms with Crippen LogP contribution in [0.5, 0.6) is 0 Å². The van der Waals surface area contributed by atoms with Crippen LogP contribution in [-0.4, -0.2) is 97.1 Å². The van der Waals surface area contributed by atoms with Crippen LogP contribution in [0.1, 0.15) is 44.3 Å². The molecule has 232 valence electrons. The maximum absolute atomic E-state index is 12.8. The van der Waals surface area contributed by atoms with Gasteiger partial charge in [0, 0.05) is 67.9 Å². The van der Waals surface area contributed by atoms with Gasteiger partial charge in [-0.15, -0.1) is 0 Å². The molecule has 2 aromatic carbocycles. The number of nitrogens with one attached hydrogen (secondary N) is 2. The van der Waals surface area contributed by atoms with Crippen LogP contribution in [0, 0.1) is 0 Å². The van der Waals surface area contributed by atoms with Crippen LogP contribution in [-0.2, 0) is 9.47 Å². The molecule has 4 aliphatic rings. The molecule has 2 atom stereocenters. The molecule has 3 aromatic rings. The quantitative estimate of drug-likeness (QED) is 0.404. The average Bonchev–Trinajstić information content (AvgIpc) is 3.33. The monoisotopic (exact) mass is 598 g/mol. The number of hydrogen-bond donors (Lipinski definition) is 2. The number of carbonyl (C=O) groups excluding carboxylic acids is 1. The van der Waals surface area contributed by atoms with Gasteiger partial charge >= 0.3 is 6.03 Å². The molecule has 7 rings (SSSR count). The van der Waals surface area contributed by atoms with E-state index < -0.39 is 0 Å². The summed E-state index contributed by atoms with van der Waals surface area (Å²) >= 11 is 0. The number of piperazine rings is 1. The van der Waals surface area contributed by atoms with Crippen molar-refractivity contribution in [3.05, 3.63) is 54.4 Å². The number of aromatic nitrogens is 3. The van der Waals surface area contributed by atoms with E-state index in [0.717, 1.165) is 94.6 Å².